The summed E-state index contributed by atoms with van der Waals surface area (Å²) in [7, 11) is 6.76. The molecule has 0 saturated heterocycles. The minimum Gasteiger partial charge on any atom is -0.482 e. The van der Waals surface area contributed by atoms with Gasteiger partial charge in [-0.3, -0.25) is 9.59 Å². The molecule has 0 aromatic heterocycles. The van der Waals surface area contributed by atoms with Gasteiger partial charge in [-0.25, -0.2) is 0 Å². The van der Waals surface area contributed by atoms with Crippen molar-refractivity contribution in [3.05, 3.63) is 23.8 Å². The van der Waals surface area contributed by atoms with Crippen molar-refractivity contribution in [1.29, 1.82) is 0 Å². The van der Waals surface area contributed by atoms with Gasteiger partial charge in [0.05, 0.1) is 12.2 Å². The number of carbonyl (C=O) groups excluding carboxylic acids is 2. The van der Waals surface area contributed by atoms with E-state index in [1.165, 1.54) is 9.80 Å². The molecule has 0 fully saturated rings. The van der Waals surface area contributed by atoms with Gasteiger partial charge in [-0.15, -0.1) is 0 Å². The third-order valence-corrected chi connectivity index (χ3v) is 2.92. The molecule has 1 N–H and O–H groups in total. The van der Waals surface area contributed by atoms with E-state index in [9.17, 15) is 9.59 Å². The van der Waals surface area contributed by atoms with E-state index in [1.807, 2.05) is 25.1 Å². The molecule has 0 saturated carbocycles. The van der Waals surface area contributed by atoms with Crippen LogP contribution in [-0.2, 0) is 9.59 Å². The molecule has 1 aromatic carbocycles. The summed E-state index contributed by atoms with van der Waals surface area (Å²) < 4.78 is 5.56. The maximum absolute atomic E-state index is 11.6. The Morgan fingerprint density at radius 1 is 1.10 bits per heavy atom. The number of nitrogens with zero attached hydrogens (tertiary/aromatic N) is 2. The Labute approximate surface area is 125 Å². The van der Waals surface area contributed by atoms with Crippen molar-refractivity contribution in [2.45, 2.75) is 6.92 Å². The number of aryl methyl sites for hydroxylation is 1. The molecule has 6 heteroatoms. The molecular weight excluding hydrogens is 270 g/mol. The van der Waals surface area contributed by atoms with Gasteiger partial charge in [0.15, 0.2) is 6.61 Å². The van der Waals surface area contributed by atoms with Gasteiger partial charge in [-0.2, -0.15) is 0 Å². The lowest BCUT2D eigenvalue weighted by atomic mass is 10.2. The summed E-state index contributed by atoms with van der Waals surface area (Å²) in [5, 5.41) is 3.03. The Hall–Kier alpha value is -2.24. The normalized spacial score (nSPS) is 9.95. The van der Waals surface area contributed by atoms with Crippen molar-refractivity contribution in [2.24, 2.45) is 0 Å². The maximum atomic E-state index is 11.6. The van der Waals surface area contributed by atoms with Crippen LogP contribution in [0.1, 0.15) is 5.56 Å². The number of nitrogens with one attached hydrogen (secondary N) is 1. The standard InChI is InChI=1S/C15H23N3O3/c1-11-6-7-12(16-9-14(19)17(2)3)13(8-11)21-10-15(20)18(4)5/h6-8,16H,9-10H2,1-5H3. The lowest BCUT2D eigenvalue weighted by molar-refractivity contribution is -0.130. The second kappa shape index (κ2) is 7.52. The van der Waals surface area contributed by atoms with Crippen LogP contribution >= 0.6 is 0 Å². The quantitative estimate of drug-likeness (QED) is 0.849. The lowest BCUT2D eigenvalue weighted by Gasteiger charge is -2.16. The summed E-state index contributed by atoms with van der Waals surface area (Å²) in [6, 6.07) is 5.60. The van der Waals surface area contributed by atoms with E-state index in [-0.39, 0.29) is 25.0 Å². The zero-order valence-corrected chi connectivity index (χ0v) is 13.3. The van der Waals surface area contributed by atoms with E-state index in [1.54, 1.807) is 28.2 Å². The van der Waals surface area contributed by atoms with E-state index in [2.05, 4.69) is 5.32 Å². The van der Waals surface area contributed by atoms with Gasteiger partial charge in [-0.05, 0) is 24.6 Å². The van der Waals surface area contributed by atoms with E-state index in [0.717, 1.165) is 5.56 Å². The van der Waals surface area contributed by atoms with Gasteiger partial charge in [0.2, 0.25) is 5.91 Å². The van der Waals surface area contributed by atoms with Gasteiger partial charge >= 0.3 is 0 Å². The molecular formula is C15H23N3O3. The molecule has 0 spiro atoms. The number of hydrogen-bond donors (Lipinski definition) is 1. The Bertz CT molecular complexity index is 513. The molecule has 1 rings (SSSR count). The first-order valence-corrected chi connectivity index (χ1v) is 6.69. The number of ether oxygens (including phenoxy) is 1. The fourth-order valence-corrected chi connectivity index (χ4v) is 1.49. The molecule has 21 heavy (non-hydrogen) atoms. The van der Waals surface area contributed by atoms with E-state index < -0.39 is 0 Å². The summed E-state index contributed by atoms with van der Waals surface area (Å²) in [6.07, 6.45) is 0. The molecule has 6 nitrogen and oxygen atoms in total. The van der Waals surface area contributed by atoms with Gasteiger partial charge in [0.25, 0.3) is 5.91 Å². The molecule has 0 aliphatic carbocycles. The third kappa shape index (κ3) is 5.33. The SMILES string of the molecule is Cc1ccc(NCC(=O)N(C)C)c(OCC(=O)N(C)C)c1. The minimum atomic E-state index is -0.119. The Kier molecular flexibility index (Phi) is 6.02. The van der Waals surface area contributed by atoms with Gasteiger partial charge in [0, 0.05) is 28.2 Å². The summed E-state index contributed by atoms with van der Waals surface area (Å²) in [5.74, 6) is 0.412. The van der Waals surface area contributed by atoms with Crippen LogP contribution in [0.4, 0.5) is 5.69 Å². The smallest absolute Gasteiger partial charge is 0.259 e. The highest BCUT2D eigenvalue weighted by Crippen LogP contribution is 2.25. The molecule has 0 radical (unpaired) electrons. The molecule has 1 aromatic rings. The summed E-state index contributed by atoms with van der Waals surface area (Å²) in [4.78, 5) is 26.2. The highest BCUT2D eigenvalue weighted by molar-refractivity contribution is 5.81. The third-order valence-electron chi connectivity index (χ3n) is 2.92. The van der Waals surface area contributed by atoms with Crippen LogP contribution in [0.25, 0.3) is 0 Å². The molecule has 2 amide bonds. The Morgan fingerprint density at radius 2 is 1.71 bits per heavy atom. The Morgan fingerprint density at radius 3 is 2.29 bits per heavy atom. The highest BCUT2D eigenvalue weighted by Gasteiger charge is 2.10. The lowest BCUT2D eigenvalue weighted by Crippen LogP contribution is -2.29. The number of carbonyl (C=O) groups is 2. The predicted molar refractivity (Wildman–Crippen MR) is 82.6 cm³/mol. The number of amides is 2. The van der Waals surface area contributed by atoms with Crippen molar-refractivity contribution in [3.63, 3.8) is 0 Å². The molecule has 0 aliphatic heterocycles. The van der Waals surface area contributed by atoms with E-state index >= 15 is 0 Å². The molecule has 0 aliphatic rings. The fourth-order valence-electron chi connectivity index (χ4n) is 1.49. The van der Waals surface area contributed by atoms with Crippen LogP contribution in [0, 0.1) is 6.92 Å². The van der Waals surface area contributed by atoms with Crippen LogP contribution in [0.15, 0.2) is 18.2 Å². The number of likely N-dealkylation sites (N-methyl/N-ethyl adjacent to an activating group) is 2. The topological polar surface area (TPSA) is 61.9 Å². The van der Waals surface area contributed by atoms with Crippen LogP contribution in [0.5, 0.6) is 5.75 Å². The summed E-state index contributed by atoms with van der Waals surface area (Å²) >= 11 is 0. The average molecular weight is 293 g/mol. The van der Waals surface area contributed by atoms with Gasteiger partial charge in [-0.1, -0.05) is 6.07 Å². The Balaban J connectivity index is 2.75. The molecule has 0 atom stereocenters. The van der Waals surface area contributed by atoms with E-state index in [0.29, 0.717) is 11.4 Å². The van der Waals surface area contributed by atoms with Crippen LogP contribution in [-0.4, -0.2) is 63.0 Å². The average Bonchev–Trinajstić information content (AvgIpc) is 2.42. The zero-order valence-electron chi connectivity index (χ0n) is 13.3. The molecule has 116 valence electrons. The van der Waals surface area contributed by atoms with Crippen molar-refractivity contribution >= 4 is 17.5 Å². The summed E-state index contributed by atoms with van der Waals surface area (Å²) in [5.41, 5.74) is 1.72. The first-order chi connectivity index (χ1) is 9.81. The van der Waals surface area contributed by atoms with Crippen molar-refractivity contribution < 1.29 is 14.3 Å². The molecule has 0 unspecified atom stereocenters. The van der Waals surface area contributed by atoms with Crippen molar-refractivity contribution in [1.82, 2.24) is 9.80 Å². The number of anilines is 1. The monoisotopic (exact) mass is 293 g/mol. The number of benzene rings is 1. The number of rotatable bonds is 6. The fraction of sp³-hybridized carbons (Fsp3) is 0.467. The van der Waals surface area contributed by atoms with Crippen molar-refractivity contribution in [2.75, 3.05) is 46.7 Å². The van der Waals surface area contributed by atoms with Crippen molar-refractivity contribution in [3.8, 4) is 5.75 Å². The predicted octanol–water partition coefficient (Wildman–Crippen LogP) is 0.962. The summed E-state index contributed by atoms with van der Waals surface area (Å²) in [6.45, 7) is 2.08. The minimum absolute atomic E-state index is 0.0350. The zero-order chi connectivity index (χ0) is 16.0. The van der Waals surface area contributed by atoms with Gasteiger partial charge < -0.3 is 19.9 Å². The first kappa shape index (κ1) is 16.8. The van der Waals surface area contributed by atoms with Crippen LogP contribution < -0.4 is 10.1 Å². The molecule has 0 bridgehead atoms. The highest BCUT2D eigenvalue weighted by atomic mass is 16.5. The number of hydrogen-bond acceptors (Lipinski definition) is 4. The van der Waals surface area contributed by atoms with Crippen LogP contribution in [0.3, 0.4) is 0 Å². The largest absolute Gasteiger partial charge is 0.482 e. The van der Waals surface area contributed by atoms with E-state index in [4.69, 9.17) is 4.74 Å². The maximum Gasteiger partial charge on any atom is 0.259 e. The van der Waals surface area contributed by atoms with Gasteiger partial charge in [0.1, 0.15) is 5.75 Å². The second-order valence-electron chi connectivity index (χ2n) is 5.22. The van der Waals surface area contributed by atoms with Crippen LogP contribution in [0.2, 0.25) is 0 Å². The molecule has 0 heterocycles. The first-order valence-electron chi connectivity index (χ1n) is 6.69. The second-order valence-corrected chi connectivity index (χ2v) is 5.22.